The minimum atomic E-state index is -0.594. The van der Waals surface area contributed by atoms with Gasteiger partial charge < -0.3 is 19.5 Å². The molecule has 0 aliphatic carbocycles. The van der Waals surface area contributed by atoms with Crippen molar-refractivity contribution in [2.75, 3.05) is 19.0 Å². The molecule has 0 spiro atoms. The molecule has 0 aromatic heterocycles. The van der Waals surface area contributed by atoms with E-state index in [4.69, 9.17) is 20.6 Å². The summed E-state index contributed by atoms with van der Waals surface area (Å²) in [6, 6.07) is 14.5. The fourth-order valence-electron chi connectivity index (χ4n) is 2.06. The fraction of sp³-hybridized carbons (Fsp3) is 0.250. The molecule has 2 rings (SSSR count). The van der Waals surface area contributed by atoms with Crippen molar-refractivity contribution in [1.29, 1.82) is 0 Å². The highest BCUT2D eigenvalue weighted by Gasteiger charge is 2.14. The predicted molar refractivity (Wildman–Crippen MR) is 96.6 cm³/mol. The maximum Gasteiger partial charge on any atom is 0.253 e. The van der Waals surface area contributed by atoms with E-state index in [9.17, 15) is 4.79 Å². The summed E-state index contributed by atoms with van der Waals surface area (Å²) in [5.41, 5.74) is 1.60. The first-order chi connectivity index (χ1) is 12.1. The van der Waals surface area contributed by atoms with E-state index in [0.29, 0.717) is 18.0 Å². The molecule has 0 aliphatic rings. The second-order valence-electron chi connectivity index (χ2n) is 5.31. The Hall–Kier alpha value is -2.97. The summed E-state index contributed by atoms with van der Waals surface area (Å²) in [4.78, 5) is 12.2. The summed E-state index contributed by atoms with van der Waals surface area (Å²) < 4.78 is 16.1. The number of methoxy groups -OCH3 is 1. The van der Waals surface area contributed by atoms with Crippen LogP contribution in [0.1, 0.15) is 12.5 Å². The van der Waals surface area contributed by atoms with Crippen LogP contribution >= 0.6 is 0 Å². The molecular weight excluding hydrogens is 318 g/mol. The van der Waals surface area contributed by atoms with Crippen LogP contribution in [0.3, 0.4) is 0 Å². The van der Waals surface area contributed by atoms with E-state index in [1.54, 1.807) is 38.3 Å². The largest absolute Gasteiger partial charge is 0.497 e. The van der Waals surface area contributed by atoms with Crippen LogP contribution in [-0.2, 0) is 16.1 Å². The molecule has 0 aliphatic heterocycles. The van der Waals surface area contributed by atoms with Crippen LogP contribution in [0.5, 0.6) is 11.5 Å². The number of nitrogens with one attached hydrogen (secondary N) is 1. The first-order valence-corrected chi connectivity index (χ1v) is 7.84. The first-order valence-electron chi connectivity index (χ1n) is 7.84. The maximum atomic E-state index is 12.2. The Kier molecular flexibility index (Phi) is 6.87. The Balaban J connectivity index is 1.84. The van der Waals surface area contributed by atoms with Crippen molar-refractivity contribution in [1.82, 2.24) is 0 Å². The summed E-state index contributed by atoms with van der Waals surface area (Å²) in [5, 5.41) is 2.80. The van der Waals surface area contributed by atoms with Crippen LogP contribution in [0.4, 0.5) is 5.69 Å². The molecule has 1 N–H and O–H groups in total. The van der Waals surface area contributed by atoms with Crippen molar-refractivity contribution in [2.24, 2.45) is 0 Å². The second-order valence-corrected chi connectivity index (χ2v) is 5.31. The molecule has 0 fully saturated rings. The molecule has 0 heterocycles. The Morgan fingerprint density at radius 1 is 1.20 bits per heavy atom. The fourth-order valence-corrected chi connectivity index (χ4v) is 2.06. The molecule has 25 heavy (non-hydrogen) atoms. The molecule has 130 valence electrons. The third-order valence-electron chi connectivity index (χ3n) is 3.45. The Morgan fingerprint density at radius 3 is 2.64 bits per heavy atom. The molecule has 1 unspecified atom stereocenters. The lowest BCUT2D eigenvalue weighted by atomic mass is 10.2. The number of rotatable bonds is 8. The summed E-state index contributed by atoms with van der Waals surface area (Å²) in [5.74, 6) is 3.58. The Labute approximate surface area is 147 Å². The smallest absolute Gasteiger partial charge is 0.253 e. The van der Waals surface area contributed by atoms with Crippen molar-refractivity contribution in [3.8, 4) is 23.8 Å². The molecule has 0 radical (unpaired) electrons. The molecule has 1 amide bonds. The third-order valence-corrected chi connectivity index (χ3v) is 3.45. The Bertz CT molecular complexity index is 734. The number of hydrogen-bond donors (Lipinski definition) is 1. The standard InChI is InChI=1S/C20H21NO4/c1-4-12-24-18-10-8-17(9-11-18)21-20(22)15(2)25-14-16-6-5-7-19(13-16)23-3/h1,5-11,13,15H,12,14H2,2-3H3,(H,21,22). The van der Waals surface area contributed by atoms with Crippen molar-refractivity contribution in [2.45, 2.75) is 19.6 Å². The van der Waals surface area contributed by atoms with Crippen LogP contribution in [0, 0.1) is 12.3 Å². The minimum Gasteiger partial charge on any atom is -0.497 e. The number of ether oxygens (including phenoxy) is 3. The van der Waals surface area contributed by atoms with Gasteiger partial charge in [-0.2, -0.15) is 0 Å². The zero-order valence-corrected chi connectivity index (χ0v) is 14.3. The Morgan fingerprint density at radius 2 is 1.96 bits per heavy atom. The zero-order chi connectivity index (χ0) is 18.1. The van der Waals surface area contributed by atoms with Gasteiger partial charge in [0.15, 0.2) is 0 Å². The number of carbonyl (C=O) groups is 1. The van der Waals surface area contributed by atoms with Gasteiger partial charge in [-0.15, -0.1) is 6.42 Å². The van der Waals surface area contributed by atoms with Crippen molar-refractivity contribution >= 4 is 11.6 Å². The average Bonchev–Trinajstić information content (AvgIpc) is 2.65. The normalized spacial score (nSPS) is 11.2. The number of anilines is 1. The molecule has 2 aromatic rings. The quantitative estimate of drug-likeness (QED) is 0.750. The number of carbonyl (C=O) groups excluding carboxylic acids is 1. The molecular formula is C20H21NO4. The van der Waals surface area contributed by atoms with E-state index in [1.807, 2.05) is 24.3 Å². The van der Waals surface area contributed by atoms with E-state index >= 15 is 0 Å². The number of amides is 1. The van der Waals surface area contributed by atoms with E-state index in [0.717, 1.165) is 11.3 Å². The van der Waals surface area contributed by atoms with Gasteiger partial charge in [0.25, 0.3) is 5.91 Å². The molecule has 0 saturated carbocycles. The van der Waals surface area contributed by atoms with E-state index in [1.165, 1.54) is 0 Å². The van der Waals surface area contributed by atoms with E-state index < -0.39 is 6.10 Å². The second kappa shape index (κ2) is 9.36. The van der Waals surface area contributed by atoms with Gasteiger partial charge in [-0.1, -0.05) is 18.1 Å². The van der Waals surface area contributed by atoms with Gasteiger partial charge in [0.2, 0.25) is 0 Å². The summed E-state index contributed by atoms with van der Waals surface area (Å²) >= 11 is 0. The van der Waals surface area contributed by atoms with Crippen LogP contribution in [0.15, 0.2) is 48.5 Å². The summed E-state index contributed by atoms with van der Waals surface area (Å²) in [6.45, 7) is 2.24. The number of hydrogen-bond acceptors (Lipinski definition) is 4. The van der Waals surface area contributed by atoms with Gasteiger partial charge in [-0.05, 0) is 48.9 Å². The SMILES string of the molecule is C#CCOc1ccc(NC(=O)C(C)OCc2cccc(OC)c2)cc1. The topological polar surface area (TPSA) is 56.8 Å². The van der Waals surface area contributed by atoms with Crippen LogP contribution in [0.2, 0.25) is 0 Å². The highest BCUT2D eigenvalue weighted by molar-refractivity contribution is 5.93. The minimum absolute atomic E-state index is 0.209. The molecule has 5 nitrogen and oxygen atoms in total. The van der Waals surface area contributed by atoms with Crippen LogP contribution in [0.25, 0.3) is 0 Å². The van der Waals surface area contributed by atoms with Crippen molar-refractivity contribution in [3.05, 3.63) is 54.1 Å². The van der Waals surface area contributed by atoms with Crippen LogP contribution < -0.4 is 14.8 Å². The van der Waals surface area contributed by atoms with E-state index in [2.05, 4.69) is 11.2 Å². The van der Waals surface area contributed by atoms with Crippen molar-refractivity contribution < 1.29 is 19.0 Å². The lowest BCUT2D eigenvalue weighted by Crippen LogP contribution is -2.27. The molecule has 0 bridgehead atoms. The van der Waals surface area contributed by atoms with Gasteiger partial charge in [0.1, 0.15) is 24.2 Å². The third kappa shape index (κ3) is 5.87. The van der Waals surface area contributed by atoms with Gasteiger partial charge >= 0.3 is 0 Å². The monoisotopic (exact) mass is 339 g/mol. The number of benzene rings is 2. The highest BCUT2D eigenvalue weighted by atomic mass is 16.5. The van der Waals surface area contributed by atoms with Gasteiger partial charge in [-0.25, -0.2) is 0 Å². The van der Waals surface area contributed by atoms with E-state index in [-0.39, 0.29) is 12.5 Å². The van der Waals surface area contributed by atoms with Crippen LogP contribution in [-0.4, -0.2) is 25.7 Å². The number of terminal acetylenes is 1. The molecule has 5 heteroatoms. The summed E-state index contributed by atoms with van der Waals surface area (Å²) in [6.07, 6.45) is 4.55. The lowest BCUT2D eigenvalue weighted by Gasteiger charge is -2.14. The lowest BCUT2D eigenvalue weighted by molar-refractivity contribution is -0.127. The van der Waals surface area contributed by atoms with Gasteiger partial charge in [0.05, 0.1) is 13.7 Å². The highest BCUT2D eigenvalue weighted by Crippen LogP contribution is 2.17. The first kappa shape index (κ1) is 18.4. The predicted octanol–water partition coefficient (Wildman–Crippen LogP) is 3.25. The maximum absolute atomic E-state index is 12.2. The summed E-state index contributed by atoms with van der Waals surface area (Å²) in [7, 11) is 1.61. The molecule has 0 saturated heterocycles. The molecule has 1 atom stereocenters. The molecule has 2 aromatic carbocycles. The zero-order valence-electron chi connectivity index (χ0n) is 14.3. The van der Waals surface area contributed by atoms with Crippen molar-refractivity contribution in [3.63, 3.8) is 0 Å². The van der Waals surface area contributed by atoms with Gasteiger partial charge in [-0.3, -0.25) is 4.79 Å². The average molecular weight is 339 g/mol. The van der Waals surface area contributed by atoms with Gasteiger partial charge in [0, 0.05) is 5.69 Å².